The lowest BCUT2D eigenvalue weighted by Crippen LogP contribution is -2.49. The van der Waals surface area contributed by atoms with Crippen molar-refractivity contribution in [1.29, 1.82) is 0 Å². The predicted molar refractivity (Wildman–Crippen MR) is 69.7 cm³/mol. The Bertz CT molecular complexity index is 409. The second-order valence-electron chi connectivity index (χ2n) is 4.41. The third-order valence-electron chi connectivity index (χ3n) is 3.09. The monoisotopic (exact) mass is 268 g/mol. The van der Waals surface area contributed by atoms with E-state index in [2.05, 4.69) is 0 Å². The van der Waals surface area contributed by atoms with Crippen LogP contribution in [0.4, 0.5) is 0 Å². The first-order valence-electron chi connectivity index (χ1n) is 5.83. The number of carbonyl (C=O) groups excluding carboxylic acids is 1. The predicted octanol–water partition coefficient (Wildman–Crippen LogP) is 0.458. The van der Waals surface area contributed by atoms with Crippen molar-refractivity contribution in [3.8, 4) is 0 Å². The van der Waals surface area contributed by atoms with E-state index in [1.165, 1.54) is 11.8 Å². The van der Waals surface area contributed by atoms with E-state index in [-0.39, 0.29) is 17.5 Å². The summed E-state index contributed by atoms with van der Waals surface area (Å²) in [5.41, 5.74) is 0.603. The van der Waals surface area contributed by atoms with Gasteiger partial charge in [0.05, 0.1) is 12.2 Å². The molecular weight excluding hydrogens is 252 g/mol. The number of rotatable bonds is 3. The number of thioether (sulfide) groups is 1. The number of Topliss-reactive ketones (excluding diaryl/α,β-unsaturated/α-hetero) is 1. The first-order valence-corrected chi connectivity index (χ1v) is 6.88. The van der Waals surface area contributed by atoms with Crippen LogP contribution in [0.15, 0.2) is 30.3 Å². The molecule has 1 saturated heterocycles. The van der Waals surface area contributed by atoms with Crippen molar-refractivity contribution in [2.45, 2.75) is 30.0 Å². The van der Waals surface area contributed by atoms with E-state index in [0.717, 1.165) is 0 Å². The smallest absolute Gasteiger partial charge is 0.164 e. The third-order valence-corrected chi connectivity index (χ3v) is 4.50. The van der Waals surface area contributed by atoms with Crippen molar-refractivity contribution < 1.29 is 20.1 Å². The molecule has 4 atom stereocenters. The average molecular weight is 268 g/mol. The van der Waals surface area contributed by atoms with Gasteiger partial charge in [0.2, 0.25) is 0 Å². The summed E-state index contributed by atoms with van der Waals surface area (Å²) in [5, 5.41) is 28.4. The lowest BCUT2D eigenvalue weighted by Gasteiger charge is -2.34. The van der Waals surface area contributed by atoms with E-state index >= 15 is 0 Å². The maximum Gasteiger partial charge on any atom is 0.164 e. The Kier molecular flexibility index (Phi) is 4.40. The first-order chi connectivity index (χ1) is 8.59. The summed E-state index contributed by atoms with van der Waals surface area (Å²) < 4.78 is 0. The maximum absolute atomic E-state index is 12.0. The molecule has 1 aromatic carbocycles. The molecule has 18 heavy (non-hydrogen) atoms. The number of benzene rings is 1. The van der Waals surface area contributed by atoms with E-state index in [1.807, 2.05) is 6.07 Å². The average Bonchev–Trinajstić information content (AvgIpc) is 2.40. The Labute approximate surface area is 110 Å². The summed E-state index contributed by atoms with van der Waals surface area (Å²) in [6, 6.07) is 8.87. The van der Waals surface area contributed by atoms with Crippen LogP contribution in [-0.4, -0.2) is 50.4 Å². The van der Waals surface area contributed by atoms with Crippen LogP contribution in [0.2, 0.25) is 0 Å². The number of hydrogen-bond acceptors (Lipinski definition) is 5. The second kappa shape index (κ2) is 5.84. The van der Waals surface area contributed by atoms with Crippen LogP contribution in [0.3, 0.4) is 0 Å². The van der Waals surface area contributed by atoms with Crippen LogP contribution < -0.4 is 0 Å². The molecule has 0 aliphatic carbocycles. The normalized spacial score (nSPS) is 32.2. The summed E-state index contributed by atoms with van der Waals surface area (Å²) in [6.45, 7) is 0. The number of aliphatic hydroxyl groups excluding tert-OH is 3. The van der Waals surface area contributed by atoms with Gasteiger partial charge in [-0.2, -0.15) is 11.8 Å². The lowest BCUT2D eigenvalue weighted by atomic mass is 9.99. The molecule has 0 aromatic heterocycles. The Balaban J connectivity index is 2.00. The van der Waals surface area contributed by atoms with Gasteiger partial charge in [0.1, 0.15) is 6.10 Å². The summed E-state index contributed by atoms with van der Waals surface area (Å²) in [5.74, 6) is 0.279. The molecule has 0 radical (unpaired) electrons. The zero-order valence-corrected chi connectivity index (χ0v) is 10.6. The number of aliphatic hydroxyl groups is 3. The molecular formula is C13H16O4S. The van der Waals surface area contributed by atoms with Crippen molar-refractivity contribution in [1.82, 2.24) is 0 Å². The van der Waals surface area contributed by atoms with Gasteiger partial charge in [-0.15, -0.1) is 0 Å². The van der Waals surface area contributed by atoms with Gasteiger partial charge in [0.15, 0.2) is 5.78 Å². The molecule has 5 heteroatoms. The first kappa shape index (κ1) is 13.5. The van der Waals surface area contributed by atoms with Gasteiger partial charge >= 0.3 is 0 Å². The van der Waals surface area contributed by atoms with Crippen molar-refractivity contribution >= 4 is 17.5 Å². The molecule has 0 bridgehead atoms. The molecule has 1 aliphatic heterocycles. The molecule has 1 aliphatic rings. The second-order valence-corrected chi connectivity index (χ2v) is 5.69. The Morgan fingerprint density at radius 1 is 1.17 bits per heavy atom. The van der Waals surface area contributed by atoms with Gasteiger partial charge in [-0.05, 0) is 0 Å². The number of carbonyl (C=O) groups is 1. The van der Waals surface area contributed by atoms with E-state index < -0.39 is 18.3 Å². The molecule has 0 spiro atoms. The van der Waals surface area contributed by atoms with Crippen molar-refractivity contribution in [2.75, 3.05) is 5.75 Å². The molecule has 1 aromatic rings. The Morgan fingerprint density at radius 3 is 2.50 bits per heavy atom. The minimum atomic E-state index is -1.17. The topological polar surface area (TPSA) is 77.8 Å². The summed E-state index contributed by atoms with van der Waals surface area (Å²) in [7, 11) is 0. The van der Waals surface area contributed by atoms with Crippen LogP contribution >= 0.6 is 11.8 Å². The van der Waals surface area contributed by atoms with E-state index in [9.17, 15) is 20.1 Å². The fourth-order valence-electron chi connectivity index (χ4n) is 1.97. The zero-order valence-electron chi connectivity index (χ0n) is 9.77. The Morgan fingerprint density at radius 2 is 1.83 bits per heavy atom. The molecule has 3 N–H and O–H groups in total. The molecule has 2 rings (SSSR count). The van der Waals surface area contributed by atoms with Crippen LogP contribution in [0, 0.1) is 0 Å². The molecule has 1 fully saturated rings. The Hall–Kier alpha value is -0.880. The molecule has 0 saturated carbocycles. The highest BCUT2D eigenvalue weighted by Crippen LogP contribution is 2.29. The van der Waals surface area contributed by atoms with Crippen molar-refractivity contribution in [2.24, 2.45) is 0 Å². The van der Waals surface area contributed by atoms with Crippen LogP contribution in [0.1, 0.15) is 16.8 Å². The standard InChI is InChI=1S/C13H16O4S/c14-9(8-4-2-1-3-5-8)6-11-13(17)12(16)10(15)7-18-11/h1-5,10-13,15-17H,6-7H2/t10-,11+,12+,13+/m1/s1. The van der Waals surface area contributed by atoms with Gasteiger partial charge in [-0.25, -0.2) is 0 Å². The van der Waals surface area contributed by atoms with E-state index in [0.29, 0.717) is 11.3 Å². The third kappa shape index (κ3) is 2.92. The van der Waals surface area contributed by atoms with Gasteiger partial charge in [0, 0.05) is 23.0 Å². The summed E-state index contributed by atoms with van der Waals surface area (Å²) in [4.78, 5) is 12.0. The summed E-state index contributed by atoms with van der Waals surface area (Å²) in [6.07, 6.45) is -2.99. The van der Waals surface area contributed by atoms with Crippen LogP contribution in [0.25, 0.3) is 0 Å². The van der Waals surface area contributed by atoms with Crippen LogP contribution in [0.5, 0.6) is 0 Å². The largest absolute Gasteiger partial charge is 0.389 e. The zero-order chi connectivity index (χ0) is 13.1. The lowest BCUT2D eigenvalue weighted by molar-refractivity contribution is -0.0551. The van der Waals surface area contributed by atoms with Crippen molar-refractivity contribution in [3.63, 3.8) is 0 Å². The molecule has 0 unspecified atom stereocenters. The fourth-order valence-corrected chi connectivity index (χ4v) is 3.24. The number of hydrogen-bond donors (Lipinski definition) is 3. The minimum Gasteiger partial charge on any atom is -0.389 e. The van der Waals surface area contributed by atoms with Crippen LogP contribution in [-0.2, 0) is 0 Å². The maximum atomic E-state index is 12.0. The van der Waals surface area contributed by atoms with Gasteiger partial charge < -0.3 is 15.3 Å². The van der Waals surface area contributed by atoms with Gasteiger partial charge in [-0.1, -0.05) is 30.3 Å². The van der Waals surface area contributed by atoms with Crippen molar-refractivity contribution in [3.05, 3.63) is 35.9 Å². The molecule has 98 valence electrons. The highest BCUT2D eigenvalue weighted by Gasteiger charge is 2.37. The van der Waals surface area contributed by atoms with Gasteiger partial charge in [-0.3, -0.25) is 4.79 Å². The molecule has 4 nitrogen and oxygen atoms in total. The SMILES string of the molecule is O=C(C[C@@H]1SC[C@@H](O)[C@H](O)[C@H]1O)c1ccccc1. The molecule has 0 amide bonds. The fraction of sp³-hybridized carbons (Fsp3) is 0.462. The number of ketones is 1. The molecule has 1 heterocycles. The van der Waals surface area contributed by atoms with E-state index in [4.69, 9.17) is 0 Å². The highest BCUT2D eigenvalue weighted by atomic mass is 32.2. The van der Waals surface area contributed by atoms with E-state index in [1.54, 1.807) is 24.3 Å². The summed E-state index contributed by atoms with van der Waals surface area (Å²) >= 11 is 1.33. The quantitative estimate of drug-likeness (QED) is 0.694. The van der Waals surface area contributed by atoms with Gasteiger partial charge in [0.25, 0.3) is 0 Å². The highest BCUT2D eigenvalue weighted by molar-refractivity contribution is 8.00. The minimum absolute atomic E-state index is 0.0595.